The number of aromatic nitrogens is 7. The Morgan fingerprint density at radius 3 is 2.62 bits per heavy atom. The zero-order valence-corrected chi connectivity index (χ0v) is 18.2. The number of hydrogen-bond donors (Lipinski definition) is 3. The molecule has 8 nitrogen and oxygen atoms in total. The van der Waals surface area contributed by atoms with Gasteiger partial charge < -0.3 is 10.7 Å². The first-order chi connectivity index (χ1) is 16.6. The van der Waals surface area contributed by atoms with E-state index in [-0.39, 0.29) is 5.69 Å². The number of pyridine rings is 3. The van der Waals surface area contributed by atoms with Crippen LogP contribution in [0.25, 0.3) is 39.3 Å². The quantitative estimate of drug-likeness (QED) is 0.381. The van der Waals surface area contributed by atoms with Crippen LogP contribution in [-0.4, -0.2) is 35.1 Å². The summed E-state index contributed by atoms with van der Waals surface area (Å²) in [6.07, 6.45) is 12.6. The molecule has 0 bridgehead atoms. The minimum atomic E-state index is -0.478. The summed E-state index contributed by atoms with van der Waals surface area (Å²) >= 11 is 0. The first kappa shape index (κ1) is 20.0. The van der Waals surface area contributed by atoms with Gasteiger partial charge in [-0.3, -0.25) is 20.1 Å². The van der Waals surface area contributed by atoms with E-state index >= 15 is 4.39 Å². The van der Waals surface area contributed by atoms with E-state index in [2.05, 4.69) is 30.1 Å². The van der Waals surface area contributed by atoms with E-state index in [1.165, 1.54) is 0 Å². The number of H-pyrrole nitrogens is 2. The molecule has 0 aromatic carbocycles. The summed E-state index contributed by atoms with van der Waals surface area (Å²) in [6, 6.07) is 5.65. The Labute approximate surface area is 193 Å². The maximum Gasteiger partial charge on any atom is 0.161 e. The molecule has 5 heterocycles. The monoisotopic (exact) mass is 450 g/mol. The molecule has 0 spiro atoms. The van der Waals surface area contributed by atoms with E-state index < -0.39 is 5.82 Å². The van der Waals surface area contributed by atoms with Crippen molar-refractivity contribution in [2.45, 2.75) is 13.3 Å². The third kappa shape index (κ3) is 3.17. The van der Waals surface area contributed by atoms with E-state index in [1.807, 2.05) is 37.3 Å². The smallest absolute Gasteiger partial charge is 0.161 e. The second-order valence-corrected chi connectivity index (χ2v) is 8.12. The van der Waals surface area contributed by atoms with Crippen LogP contribution in [0.4, 0.5) is 4.39 Å². The van der Waals surface area contributed by atoms with Crippen LogP contribution < -0.4 is 5.73 Å². The first-order valence-corrected chi connectivity index (χ1v) is 10.7. The van der Waals surface area contributed by atoms with Gasteiger partial charge in [0.05, 0.1) is 22.8 Å². The molecule has 0 aliphatic heterocycles. The second-order valence-electron chi connectivity index (χ2n) is 8.12. The van der Waals surface area contributed by atoms with Crippen LogP contribution in [0.1, 0.15) is 22.5 Å². The van der Waals surface area contributed by atoms with Gasteiger partial charge in [-0.15, -0.1) is 0 Å². The molecule has 0 atom stereocenters. The molecule has 166 valence electrons. The van der Waals surface area contributed by atoms with Crippen molar-refractivity contribution in [2.24, 2.45) is 5.73 Å². The molecule has 0 radical (unpaired) electrons. The van der Waals surface area contributed by atoms with Crippen molar-refractivity contribution < 1.29 is 4.39 Å². The summed E-state index contributed by atoms with van der Waals surface area (Å²) in [7, 11) is 0. The fourth-order valence-corrected chi connectivity index (χ4v) is 4.22. The summed E-state index contributed by atoms with van der Waals surface area (Å²) in [4.78, 5) is 20.7. The van der Waals surface area contributed by atoms with Gasteiger partial charge in [0.2, 0.25) is 0 Å². The predicted octanol–water partition coefficient (Wildman–Crippen LogP) is 4.08. The van der Waals surface area contributed by atoms with Crippen molar-refractivity contribution in [3.63, 3.8) is 0 Å². The molecule has 0 fully saturated rings. The maximum absolute atomic E-state index is 15.8. The largest absolute Gasteiger partial charge is 0.402 e. The molecular weight excluding hydrogens is 431 g/mol. The standard InChI is InChI=1S/C25H19FN8/c1-13-4-7-29-11-17(13)23-21(26)20-19(12-30-23)33-34-24(20)25-31-18-10-15(27)2-3-16(22(18)32-25)14-5-8-28-9-6-14/h2-9,11-12H,10,27H2,1H3,(H,31,32)(H,33,34). The number of halogens is 1. The average Bonchev–Trinajstić information content (AvgIpc) is 3.42. The molecule has 1 aliphatic rings. The van der Waals surface area contributed by atoms with Crippen LogP contribution in [0, 0.1) is 12.7 Å². The van der Waals surface area contributed by atoms with Gasteiger partial charge >= 0.3 is 0 Å². The highest BCUT2D eigenvalue weighted by Crippen LogP contribution is 2.35. The lowest BCUT2D eigenvalue weighted by Crippen LogP contribution is -2.01. The number of aryl methyl sites for hydroxylation is 1. The third-order valence-electron chi connectivity index (χ3n) is 5.93. The number of nitrogens with zero attached hydrogens (tertiary/aromatic N) is 5. The predicted molar refractivity (Wildman–Crippen MR) is 127 cm³/mol. The second kappa shape index (κ2) is 7.73. The lowest BCUT2D eigenvalue weighted by molar-refractivity contribution is 0.638. The van der Waals surface area contributed by atoms with Crippen molar-refractivity contribution >= 4 is 16.5 Å². The van der Waals surface area contributed by atoms with E-state index in [4.69, 9.17) is 10.7 Å². The van der Waals surface area contributed by atoms with Crippen LogP contribution in [0.3, 0.4) is 0 Å². The molecule has 0 unspecified atom stereocenters. The average molecular weight is 450 g/mol. The number of hydrogen-bond acceptors (Lipinski definition) is 6. The lowest BCUT2D eigenvalue weighted by Gasteiger charge is -2.06. The third-order valence-corrected chi connectivity index (χ3v) is 5.93. The van der Waals surface area contributed by atoms with Gasteiger partial charge in [-0.25, -0.2) is 9.37 Å². The maximum atomic E-state index is 15.8. The van der Waals surface area contributed by atoms with Crippen molar-refractivity contribution in [1.82, 2.24) is 35.1 Å². The van der Waals surface area contributed by atoms with Gasteiger partial charge in [0.25, 0.3) is 0 Å². The number of allylic oxidation sites excluding steroid dienone is 3. The van der Waals surface area contributed by atoms with E-state index in [0.29, 0.717) is 40.1 Å². The topological polar surface area (TPSA) is 122 Å². The zero-order chi connectivity index (χ0) is 23.2. The summed E-state index contributed by atoms with van der Waals surface area (Å²) < 4.78 is 15.8. The highest BCUT2D eigenvalue weighted by Gasteiger charge is 2.24. The number of aromatic amines is 2. The van der Waals surface area contributed by atoms with Crippen molar-refractivity contribution in [3.05, 3.63) is 95.4 Å². The molecule has 1 aliphatic carbocycles. The highest BCUT2D eigenvalue weighted by atomic mass is 19.1. The Hall–Kier alpha value is -4.66. The molecule has 0 amide bonds. The number of nitrogens with two attached hydrogens (primary N) is 1. The number of imidazole rings is 1. The molecule has 0 saturated carbocycles. The normalized spacial score (nSPS) is 13.4. The SMILES string of the molecule is Cc1ccncc1-c1ncc2[nH]nc(-c3nc4c([nH]3)CC(N)=CC=C4c3ccncc3)c2c1F. The minimum Gasteiger partial charge on any atom is -0.402 e. The zero-order valence-electron chi connectivity index (χ0n) is 18.2. The number of nitrogens with one attached hydrogen (secondary N) is 2. The van der Waals surface area contributed by atoms with E-state index in [0.717, 1.165) is 28.1 Å². The molecule has 6 rings (SSSR count). The molecule has 9 heteroatoms. The fraction of sp³-hybridized carbons (Fsp3) is 0.0800. The molecule has 0 saturated heterocycles. The van der Waals surface area contributed by atoms with Crippen molar-refractivity contribution in [3.8, 4) is 22.8 Å². The molecule has 4 N–H and O–H groups in total. The van der Waals surface area contributed by atoms with Gasteiger partial charge in [0, 0.05) is 53.7 Å². The van der Waals surface area contributed by atoms with Crippen LogP contribution in [0.15, 0.2) is 67.0 Å². The van der Waals surface area contributed by atoms with Crippen LogP contribution in [0.2, 0.25) is 0 Å². The van der Waals surface area contributed by atoms with Gasteiger partial charge in [-0.05, 0) is 42.3 Å². The Kier molecular flexibility index (Phi) is 4.54. The fourth-order valence-electron chi connectivity index (χ4n) is 4.22. The van der Waals surface area contributed by atoms with Gasteiger partial charge in [0.1, 0.15) is 11.4 Å². The molecule has 5 aromatic rings. The van der Waals surface area contributed by atoms with E-state index in [1.54, 1.807) is 31.0 Å². The Morgan fingerprint density at radius 2 is 1.79 bits per heavy atom. The van der Waals surface area contributed by atoms with Gasteiger partial charge in [0.15, 0.2) is 11.6 Å². The summed E-state index contributed by atoms with van der Waals surface area (Å²) in [5.41, 5.74) is 12.9. The van der Waals surface area contributed by atoms with Crippen LogP contribution >= 0.6 is 0 Å². The summed E-state index contributed by atoms with van der Waals surface area (Å²) in [6.45, 7) is 1.90. The van der Waals surface area contributed by atoms with Crippen molar-refractivity contribution in [2.75, 3.05) is 0 Å². The van der Waals surface area contributed by atoms with E-state index in [9.17, 15) is 0 Å². The van der Waals surface area contributed by atoms with Gasteiger partial charge in [-0.1, -0.05) is 6.08 Å². The Morgan fingerprint density at radius 1 is 0.971 bits per heavy atom. The van der Waals surface area contributed by atoms with Crippen LogP contribution in [0.5, 0.6) is 0 Å². The Bertz CT molecular complexity index is 1610. The minimum absolute atomic E-state index is 0.221. The number of rotatable bonds is 3. The lowest BCUT2D eigenvalue weighted by atomic mass is 10.0. The molecule has 5 aromatic heterocycles. The summed E-state index contributed by atoms with van der Waals surface area (Å²) in [5.74, 6) is -0.0295. The number of fused-ring (bicyclic) bond motifs is 2. The first-order valence-electron chi connectivity index (χ1n) is 10.7. The Balaban J connectivity index is 1.53. The van der Waals surface area contributed by atoms with Crippen LogP contribution in [-0.2, 0) is 6.42 Å². The molecular formula is C25H19FN8. The molecule has 34 heavy (non-hydrogen) atoms. The highest BCUT2D eigenvalue weighted by molar-refractivity contribution is 5.94. The summed E-state index contributed by atoms with van der Waals surface area (Å²) in [5, 5.41) is 7.57. The van der Waals surface area contributed by atoms with Gasteiger partial charge in [-0.2, -0.15) is 5.10 Å². The van der Waals surface area contributed by atoms with Crippen molar-refractivity contribution in [1.29, 1.82) is 0 Å².